The van der Waals surface area contributed by atoms with Crippen LogP contribution in [-0.4, -0.2) is 22.3 Å². The van der Waals surface area contributed by atoms with Gasteiger partial charge in [0.2, 0.25) is 0 Å². The topological polar surface area (TPSA) is 27.3 Å². The van der Waals surface area contributed by atoms with E-state index in [9.17, 15) is 0 Å². The van der Waals surface area contributed by atoms with Gasteiger partial charge in [0.15, 0.2) is 5.11 Å². The predicted octanol–water partition coefficient (Wildman–Crippen LogP) is 2.78. The minimum absolute atomic E-state index is 0.0221. The minimum atomic E-state index is 0.0221. The van der Waals surface area contributed by atoms with Gasteiger partial charge in [0.1, 0.15) is 5.66 Å². The number of unbranched alkanes of at least 4 members (excludes halogenated alkanes) is 1. The zero-order valence-electron chi connectivity index (χ0n) is 10.8. The second kappa shape index (κ2) is 6.40. The molecule has 0 amide bonds. The Morgan fingerprint density at radius 3 is 2.25 bits per heavy atom. The van der Waals surface area contributed by atoms with Gasteiger partial charge in [-0.1, -0.05) is 40.0 Å². The summed E-state index contributed by atoms with van der Waals surface area (Å²) in [5, 5.41) is 6.46. The van der Waals surface area contributed by atoms with Crippen LogP contribution in [-0.2, 0) is 0 Å². The Kier molecular flexibility index (Phi) is 5.49. The molecule has 1 aliphatic heterocycles. The van der Waals surface area contributed by atoms with Gasteiger partial charge < -0.3 is 5.32 Å². The summed E-state index contributed by atoms with van der Waals surface area (Å²) in [6.07, 6.45) is 6.99. The van der Waals surface area contributed by atoms with Gasteiger partial charge in [-0.3, -0.25) is 5.01 Å². The van der Waals surface area contributed by atoms with E-state index in [1.807, 2.05) is 0 Å². The number of hydrazine groups is 1. The Morgan fingerprint density at radius 2 is 1.75 bits per heavy atom. The second-order valence-electron chi connectivity index (χ2n) is 4.63. The highest BCUT2D eigenvalue weighted by Crippen LogP contribution is 2.22. The lowest BCUT2D eigenvalue weighted by Crippen LogP contribution is -2.51. The highest BCUT2D eigenvalue weighted by molar-refractivity contribution is 7.80. The smallest absolute Gasteiger partial charge is 0.185 e. The lowest BCUT2D eigenvalue weighted by atomic mass is 10.00. The molecular weight excluding hydrogens is 218 g/mol. The highest BCUT2D eigenvalue weighted by Gasteiger charge is 2.37. The summed E-state index contributed by atoms with van der Waals surface area (Å²) >= 11 is 5.38. The molecule has 0 aromatic carbocycles. The first-order valence-electron chi connectivity index (χ1n) is 6.55. The molecule has 1 rings (SSSR count). The molecule has 0 atom stereocenters. The van der Waals surface area contributed by atoms with Crippen LogP contribution in [0.25, 0.3) is 0 Å². The average Bonchev–Trinajstić information content (AvgIpc) is 2.53. The van der Waals surface area contributed by atoms with Crippen molar-refractivity contribution in [3.05, 3.63) is 0 Å². The molecule has 0 aromatic heterocycles. The van der Waals surface area contributed by atoms with Gasteiger partial charge in [-0.15, -0.1) is 0 Å². The van der Waals surface area contributed by atoms with Crippen molar-refractivity contribution in [1.29, 1.82) is 0 Å². The van der Waals surface area contributed by atoms with Crippen molar-refractivity contribution < 1.29 is 0 Å². The first-order chi connectivity index (χ1) is 7.67. The number of nitrogens with one attached hydrogen (secondary N) is 2. The summed E-state index contributed by atoms with van der Waals surface area (Å²) < 4.78 is 0. The van der Waals surface area contributed by atoms with Gasteiger partial charge in [0.25, 0.3) is 0 Å². The fourth-order valence-electron chi connectivity index (χ4n) is 2.30. The van der Waals surface area contributed by atoms with Crippen LogP contribution in [0.2, 0.25) is 0 Å². The molecule has 4 heteroatoms. The van der Waals surface area contributed by atoms with E-state index >= 15 is 0 Å². The van der Waals surface area contributed by atoms with Gasteiger partial charge in [-0.25, -0.2) is 5.43 Å². The van der Waals surface area contributed by atoms with E-state index < -0.39 is 0 Å². The Balaban J connectivity index is 2.58. The maximum atomic E-state index is 5.38. The van der Waals surface area contributed by atoms with Crippen LogP contribution in [0.3, 0.4) is 0 Å². The first-order valence-corrected chi connectivity index (χ1v) is 6.95. The first kappa shape index (κ1) is 13.7. The van der Waals surface area contributed by atoms with E-state index in [4.69, 9.17) is 12.2 Å². The number of thiocarbonyl (C=S) groups is 1. The van der Waals surface area contributed by atoms with Gasteiger partial charge >= 0.3 is 0 Å². The van der Waals surface area contributed by atoms with Crippen molar-refractivity contribution in [3.63, 3.8) is 0 Å². The van der Waals surface area contributed by atoms with E-state index in [0.29, 0.717) is 0 Å². The molecule has 3 nitrogen and oxygen atoms in total. The molecule has 0 aromatic rings. The molecule has 1 heterocycles. The van der Waals surface area contributed by atoms with Crippen molar-refractivity contribution in [1.82, 2.24) is 15.8 Å². The van der Waals surface area contributed by atoms with Crippen molar-refractivity contribution in [2.75, 3.05) is 6.54 Å². The van der Waals surface area contributed by atoms with Gasteiger partial charge in [-0.2, -0.15) is 0 Å². The molecule has 0 saturated carbocycles. The summed E-state index contributed by atoms with van der Waals surface area (Å²) in [6.45, 7) is 7.66. The molecule has 0 unspecified atom stereocenters. The number of rotatable bonds is 7. The predicted molar refractivity (Wildman–Crippen MR) is 73.0 cm³/mol. The molecule has 94 valence electrons. The lowest BCUT2D eigenvalue weighted by Gasteiger charge is -2.29. The van der Waals surface area contributed by atoms with E-state index in [-0.39, 0.29) is 5.66 Å². The number of nitrogens with zero attached hydrogens (tertiary/aromatic N) is 1. The van der Waals surface area contributed by atoms with Crippen molar-refractivity contribution >= 4 is 17.3 Å². The molecule has 0 spiro atoms. The third-order valence-electron chi connectivity index (χ3n) is 3.03. The zero-order chi connectivity index (χ0) is 12.0. The molecule has 1 fully saturated rings. The average molecular weight is 243 g/mol. The standard InChI is InChI=1S/C12H25N3S/c1-4-7-10-15-11(16)13-12(14-15,8-5-2)9-6-3/h14H,4-10H2,1-3H3,(H,13,16). The van der Waals surface area contributed by atoms with Gasteiger partial charge in [0, 0.05) is 6.54 Å². The third-order valence-corrected chi connectivity index (χ3v) is 3.35. The van der Waals surface area contributed by atoms with Crippen LogP contribution >= 0.6 is 12.2 Å². The Labute approximate surface area is 105 Å². The Morgan fingerprint density at radius 1 is 1.12 bits per heavy atom. The van der Waals surface area contributed by atoms with E-state index in [2.05, 4.69) is 36.5 Å². The van der Waals surface area contributed by atoms with Crippen LogP contribution < -0.4 is 10.7 Å². The summed E-state index contributed by atoms with van der Waals surface area (Å²) in [6, 6.07) is 0. The molecular formula is C12H25N3S. The van der Waals surface area contributed by atoms with Crippen molar-refractivity contribution in [3.8, 4) is 0 Å². The minimum Gasteiger partial charge on any atom is -0.342 e. The van der Waals surface area contributed by atoms with Crippen LogP contribution in [0.15, 0.2) is 0 Å². The number of hydrogen-bond acceptors (Lipinski definition) is 2. The lowest BCUT2D eigenvalue weighted by molar-refractivity contribution is 0.188. The number of hydrogen-bond donors (Lipinski definition) is 2. The molecule has 1 saturated heterocycles. The van der Waals surface area contributed by atoms with Crippen LogP contribution in [0.5, 0.6) is 0 Å². The Bertz CT molecular complexity index is 224. The second-order valence-corrected chi connectivity index (χ2v) is 5.02. The molecule has 0 radical (unpaired) electrons. The summed E-state index contributed by atoms with van der Waals surface area (Å²) in [7, 11) is 0. The molecule has 1 aliphatic rings. The summed E-state index contributed by atoms with van der Waals surface area (Å²) in [4.78, 5) is 0. The summed E-state index contributed by atoms with van der Waals surface area (Å²) in [5.74, 6) is 0. The largest absolute Gasteiger partial charge is 0.342 e. The highest BCUT2D eigenvalue weighted by atomic mass is 32.1. The summed E-state index contributed by atoms with van der Waals surface area (Å²) in [5.41, 5.74) is 3.59. The SMILES string of the molecule is CCCCN1NC(CCC)(CCC)NC1=S. The van der Waals surface area contributed by atoms with E-state index in [1.165, 1.54) is 25.7 Å². The molecule has 0 bridgehead atoms. The van der Waals surface area contributed by atoms with Gasteiger partial charge in [0.05, 0.1) is 0 Å². The van der Waals surface area contributed by atoms with Crippen LogP contribution in [0.4, 0.5) is 0 Å². The third kappa shape index (κ3) is 3.32. The normalized spacial score (nSPS) is 18.9. The maximum Gasteiger partial charge on any atom is 0.185 e. The molecule has 0 aliphatic carbocycles. The molecule has 2 N–H and O–H groups in total. The zero-order valence-corrected chi connectivity index (χ0v) is 11.6. The Hall–Kier alpha value is -0.350. The van der Waals surface area contributed by atoms with Crippen molar-refractivity contribution in [2.24, 2.45) is 0 Å². The fraction of sp³-hybridized carbons (Fsp3) is 0.917. The molecule has 16 heavy (non-hydrogen) atoms. The van der Waals surface area contributed by atoms with Crippen molar-refractivity contribution in [2.45, 2.75) is 65.0 Å². The maximum absolute atomic E-state index is 5.38. The van der Waals surface area contributed by atoms with Gasteiger partial charge in [-0.05, 0) is 31.5 Å². The van der Waals surface area contributed by atoms with E-state index in [0.717, 1.165) is 24.5 Å². The van der Waals surface area contributed by atoms with Crippen LogP contribution in [0.1, 0.15) is 59.3 Å². The van der Waals surface area contributed by atoms with E-state index in [1.54, 1.807) is 0 Å². The fourth-order valence-corrected chi connectivity index (χ4v) is 2.63. The van der Waals surface area contributed by atoms with Crippen LogP contribution in [0, 0.1) is 0 Å². The quantitative estimate of drug-likeness (QED) is 0.672. The monoisotopic (exact) mass is 243 g/mol.